The van der Waals surface area contributed by atoms with Crippen LogP contribution in [0.3, 0.4) is 0 Å². The molecule has 0 aliphatic carbocycles. The predicted octanol–water partition coefficient (Wildman–Crippen LogP) is 3.60. The van der Waals surface area contributed by atoms with Crippen LogP contribution in [0.1, 0.15) is 55.8 Å². The van der Waals surface area contributed by atoms with Gasteiger partial charge in [0.15, 0.2) is 18.1 Å². The molecule has 1 aromatic carbocycles. The molecule has 7 nitrogen and oxygen atoms in total. The molecule has 2 unspecified atom stereocenters. The lowest BCUT2D eigenvalue weighted by Gasteiger charge is -2.31. The van der Waals surface area contributed by atoms with Crippen molar-refractivity contribution in [3.8, 4) is 11.5 Å². The van der Waals surface area contributed by atoms with Crippen LogP contribution >= 0.6 is 11.8 Å². The zero-order valence-corrected chi connectivity index (χ0v) is 20.4. The molecule has 2 amide bonds. The minimum Gasteiger partial charge on any atom is -0.490 e. The zero-order valence-electron chi connectivity index (χ0n) is 19.6. The third-order valence-electron chi connectivity index (χ3n) is 6.58. The quantitative estimate of drug-likeness (QED) is 0.543. The first-order valence-corrected chi connectivity index (χ1v) is 13.5. The smallest absolute Gasteiger partial charge is 0.260 e. The van der Waals surface area contributed by atoms with Crippen LogP contribution in [0.5, 0.6) is 11.5 Å². The van der Waals surface area contributed by atoms with Crippen molar-refractivity contribution < 1.29 is 23.8 Å². The summed E-state index contributed by atoms with van der Waals surface area (Å²) in [4.78, 5) is 29.9. The standard InChI is InChI=1S/C25H36N2O5S/c1-2-30-23-15-19(8-9-22(23)32-17-24(28)26-11-4-3-5-12-26)25(29)27(20-10-14-33-18-20)16-21-7-6-13-31-21/h8-9,15,20-21H,2-7,10-14,16-18H2,1H3. The summed E-state index contributed by atoms with van der Waals surface area (Å²) in [5.74, 6) is 3.07. The van der Waals surface area contributed by atoms with Gasteiger partial charge in [-0.05, 0) is 69.4 Å². The minimum atomic E-state index is -0.0161. The molecule has 1 aromatic rings. The highest BCUT2D eigenvalue weighted by atomic mass is 32.2. The molecule has 33 heavy (non-hydrogen) atoms. The van der Waals surface area contributed by atoms with Gasteiger partial charge in [-0.2, -0.15) is 11.8 Å². The van der Waals surface area contributed by atoms with Crippen LogP contribution in [0.2, 0.25) is 0 Å². The maximum Gasteiger partial charge on any atom is 0.260 e. The summed E-state index contributed by atoms with van der Waals surface area (Å²) in [7, 11) is 0. The molecule has 3 aliphatic rings. The topological polar surface area (TPSA) is 68.3 Å². The van der Waals surface area contributed by atoms with E-state index in [0.717, 1.165) is 63.3 Å². The average Bonchev–Trinajstić information content (AvgIpc) is 3.56. The lowest BCUT2D eigenvalue weighted by Crippen LogP contribution is -2.44. The van der Waals surface area contributed by atoms with E-state index in [2.05, 4.69) is 0 Å². The second-order valence-corrected chi connectivity index (χ2v) is 10.1. The van der Waals surface area contributed by atoms with E-state index >= 15 is 0 Å². The molecular formula is C25H36N2O5S. The summed E-state index contributed by atoms with van der Waals surface area (Å²) < 4.78 is 17.5. The number of hydrogen-bond donors (Lipinski definition) is 0. The van der Waals surface area contributed by atoms with Gasteiger partial charge in [0.1, 0.15) is 0 Å². The highest BCUT2D eigenvalue weighted by Gasteiger charge is 2.31. The predicted molar refractivity (Wildman–Crippen MR) is 129 cm³/mol. The fraction of sp³-hybridized carbons (Fsp3) is 0.680. The normalized spacial score (nSPS) is 22.9. The molecule has 3 saturated heterocycles. The third-order valence-corrected chi connectivity index (χ3v) is 7.73. The summed E-state index contributed by atoms with van der Waals surface area (Å²) in [5.41, 5.74) is 0.586. The van der Waals surface area contributed by atoms with E-state index in [1.807, 2.05) is 28.5 Å². The highest BCUT2D eigenvalue weighted by Crippen LogP contribution is 2.31. The Morgan fingerprint density at radius 1 is 1.12 bits per heavy atom. The number of ether oxygens (including phenoxy) is 3. The lowest BCUT2D eigenvalue weighted by molar-refractivity contribution is -0.134. The fourth-order valence-corrected chi connectivity index (χ4v) is 5.97. The molecule has 0 radical (unpaired) electrons. The summed E-state index contributed by atoms with van der Waals surface area (Å²) >= 11 is 1.90. The molecule has 4 rings (SSSR count). The van der Waals surface area contributed by atoms with Crippen molar-refractivity contribution >= 4 is 23.6 Å². The van der Waals surface area contributed by atoms with E-state index < -0.39 is 0 Å². The molecule has 0 aromatic heterocycles. The Bertz CT molecular complexity index is 802. The van der Waals surface area contributed by atoms with Gasteiger partial charge in [-0.15, -0.1) is 0 Å². The van der Waals surface area contributed by atoms with E-state index in [-0.39, 0.29) is 30.6 Å². The minimum absolute atomic E-state index is 0.00114. The van der Waals surface area contributed by atoms with Crippen molar-refractivity contribution in [1.82, 2.24) is 9.80 Å². The number of thioether (sulfide) groups is 1. The van der Waals surface area contributed by atoms with Crippen LogP contribution in [0.25, 0.3) is 0 Å². The van der Waals surface area contributed by atoms with E-state index in [0.29, 0.717) is 30.2 Å². The molecule has 0 N–H and O–H groups in total. The summed E-state index contributed by atoms with van der Waals surface area (Å²) in [6.45, 7) is 5.35. The Labute approximate surface area is 201 Å². The Balaban J connectivity index is 1.46. The number of amides is 2. The largest absolute Gasteiger partial charge is 0.490 e. The molecule has 0 saturated carbocycles. The average molecular weight is 477 g/mol. The molecule has 3 aliphatic heterocycles. The molecule has 182 valence electrons. The lowest BCUT2D eigenvalue weighted by atomic mass is 10.1. The number of carbonyl (C=O) groups excluding carboxylic acids is 2. The van der Waals surface area contributed by atoms with Crippen molar-refractivity contribution in [2.45, 2.75) is 57.6 Å². The molecule has 3 fully saturated rings. The van der Waals surface area contributed by atoms with Gasteiger partial charge in [0.2, 0.25) is 0 Å². The highest BCUT2D eigenvalue weighted by molar-refractivity contribution is 7.99. The first kappa shape index (κ1) is 24.2. The van der Waals surface area contributed by atoms with E-state index in [4.69, 9.17) is 14.2 Å². The molecule has 2 atom stereocenters. The van der Waals surface area contributed by atoms with E-state index in [1.54, 1.807) is 18.2 Å². The summed E-state index contributed by atoms with van der Waals surface area (Å²) in [5, 5.41) is 0. The van der Waals surface area contributed by atoms with Gasteiger partial charge in [0.25, 0.3) is 11.8 Å². The number of hydrogen-bond acceptors (Lipinski definition) is 6. The van der Waals surface area contributed by atoms with Crippen LogP contribution in [0.15, 0.2) is 18.2 Å². The van der Waals surface area contributed by atoms with Crippen molar-refractivity contribution in [3.05, 3.63) is 23.8 Å². The number of benzene rings is 1. The van der Waals surface area contributed by atoms with Crippen LogP contribution in [-0.4, -0.2) is 84.7 Å². The maximum atomic E-state index is 13.6. The Morgan fingerprint density at radius 3 is 2.67 bits per heavy atom. The number of likely N-dealkylation sites (tertiary alicyclic amines) is 1. The second kappa shape index (κ2) is 12.0. The number of carbonyl (C=O) groups is 2. The number of rotatable bonds is 9. The van der Waals surface area contributed by atoms with Crippen molar-refractivity contribution in [3.63, 3.8) is 0 Å². The van der Waals surface area contributed by atoms with Gasteiger partial charge in [-0.3, -0.25) is 9.59 Å². The number of nitrogens with zero attached hydrogens (tertiary/aromatic N) is 2. The molecule has 0 spiro atoms. The van der Waals surface area contributed by atoms with Gasteiger partial charge in [-0.1, -0.05) is 0 Å². The molecule has 0 bridgehead atoms. The monoisotopic (exact) mass is 476 g/mol. The van der Waals surface area contributed by atoms with Gasteiger partial charge >= 0.3 is 0 Å². The summed E-state index contributed by atoms with van der Waals surface area (Å²) in [6.07, 6.45) is 6.48. The molecule has 8 heteroatoms. The zero-order chi connectivity index (χ0) is 23.0. The summed E-state index contributed by atoms with van der Waals surface area (Å²) in [6, 6.07) is 5.54. The maximum absolute atomic E-state index is 13.6. The second-order valence-electron chi connectivity index (χ2n) is 8.93. The van der Waals surface area contributed by atoms with E-state index in [1.165, 1.54) is 6.42 Å². The van der Waals surface area contributed by atoms with Crippen molar-refractivity contribution in [2.24, 2.45) is 0 Å². The van der Waals surface area contributed by atoms with Gasteiger partial charge in [-0.25, -0.2) is 0 Å². The molecular weight excluding hydrogens is 440 g/mol. The van der Waals surface area contributed by atoms with E-state index in [9.17, 15) is 9.59 Å². The van der Waals surface area contributed by atoms with Crippen LogP contribution in [-0.2, 0) is 9.53 Å². The van der Waals surface area contributed by atoms with Crippen LogP contribution in [0, 0.1) is 0 Å². The SMILES string of the molecule is CCOc1cc(C(=O)N(CC2CCCO2)C2CCSC2)ccc1OCC(=O)N1CCCCC1. The fourth-order valence-electron chi connectivity index (χ4n) is 4.74. The number of piperidine rings is 1. The van der Waals surface area contributed by atoms with Gasteiger partial charge < -0.3 is 24.0 Å². The van der Waals surface area contributed by atoms with Crippen molar-refractivity contribution in [2.75, 3.05) is 51.0 Å². The van der Waals surface area contributed by atoms with Crippen LogP contribution in [0.4, 0.5) is 0 Å². The third kappa shape index (κ3) is 6.35. The van der Waals surface area contributed by atoms with Gasteiger partial charge in [0, 0.05) is 43.6 Å². The first-order valence-electron chi connectivity index (χ1n) is 12.3. The van der Waals surface area contributed by atoms with Gasteiger partial charge in [0.05, 0.1) is 12.7 Å². The molecule has 3 heterocycles. The Hall–Kier alpha value is -1.93. The van der Waals surface area contributed by atoms with Crippen molar-refractivity contribution in [1.29, 1.82) is 0 Å². The van der Waals surface area contributed by atoms with Crippen LogP contribution < -0.4 is 9.47 Å². The Morgan fingerprint density at radius 2 is 1.97 bits per heavy atom. The Kier molecular flexibility index (Phi) is 8.78. The first-order chi connectivity index (χ1) is 16.2.